The van der Waals surface area contributed by atoms with Gasteiger partial charge in [0.25, 0.3) is 0 Å². The summed E-state index contributed by atoms with van der Waals surface area (Å²) < 4.78 is 7.47. The molecule has 0 radical (unpaired) electrons. The molecule has 3 heterocycles. The molecule has 0 spiro atoms. The number of hydrogen-bond acceptors (Lipinski definition) is 5. The molecular formula is C29H25N5O. The number of benzene rings is 3. The Bertz CT molecular complexity index is 1680. The first-order valence-corrected chi connectivity index (χ1v) is 11.6. The Morgan fingerprint density at radius 1 is 0.943 bits per heavy atom. The van der Waals surface area contributed by atoms with Crippen LogP contribution in [0.2, 0.25) is 0 Å². The summed E-state index contributed by atoms with van der Waals surface area (Å²) in [6, 6.07) is 19.2. The maximum atomic E-state index is 5.65. The van der Waals surface area contributed by atoms with Gasteiger partial charge in [-0.1, -0.05) is 24.3 Å². The molecule has 0 aliphatic carbocycles. The van der Waals surface area contributed by atoms with Gasteiger partial charge in [-0.2, -0.15) is 5.10 Å². The minimum atomic E-state index is 0.0900. The molecule has 3 aromatic heterocycles. The summed E-state index contributed by atoms with van der Waals surface area (Å²) in [5.41, 5.74) is 10.3. The van der Waals surface area contributed by atoms with E-state index in [1.54, 1.807) is 18.7 Å². The van der Waals surface area contributed by atoms with Crippen LogP contribution in [0.1, 0.15) is 24.1 Å². The van der Waals surface area contributed by atoms with E-state index in [1.165, 1.54) is 5.56 Å². The number of hydrogen-bond donors (Lipinski definition) is 1. The second-order valence-corrected chi connectivity index (χ2v) is 8.97. The van der Waals surface area contributed by atoms with Crippen molar-refractivity contribution in [2.24, 2.45) is 7.05 Å². The van der Waals surface area contributed by atoms with Crippen LogP contribution in [-0.4, -0.2) is 19.7 Å². The molecule has 3 aromatic carbocycles. The van der Waals surface area contributed by atoms with Crippen LogP contribution in [0.4, 0.5) is 5.69 Å². The average molecular weight is 460 g/mol. The summed E-state index contributed by atoms with van der Waals surface area (Å²) in [5.74, 6) is 0. The Morgan fingerprint density at radius 2 is 1.83 bits per heavy atom. The number of aromatic nitrogens is 4. The number of nitrogens with one attached hydrogen (secondary N) is 1. The predicted octanol–water partition coefficient (Wildman–Crippen LogP) is 6.93. The van der Waals surface area contributed by atoms with Crippen molar-refractivity contribution in [2.45, 2.75) is 19.9 Å². The van der Waals surface area contributed by atoms with Crippen molar-refractivity contribution < 1.29 is 4.42 Å². The van der Waals surface area contributed by atoms with Crippen molar-refractivity contribution in [2.75, 3.05) is 5.32 Å². The van der Waals surface area contributed by atoms with Crippen molar-refractivity contribution in [1.29, 1.82) is 0 Å². The summed E-state index contributed by atoms with van der Waals surface area (Å²) >= 11 is 0. The van der Waals surface area contributed by atoms with Crippen molar-refractivity contribution in [3.63, 3.8) is 0 Å². The van der Waals surface area contributed by atoms with Crippen molar-refractivity contribution in [1.82, 2.24) is 19.7 Å². The number of rotatable bonds is 5. The lowest BCUT2D eigenvalue weighted by atomic mass is 9.99. The first kappa shape index (κ1) is 21.1. The van der Waals surface area contributed by atoms with Crippen LogP contribution >= 0.6 is 0 Å². The third kappa shape index (κ3) is 3.93. The summed E-state index contributed by atoms with van der Waals surface area (Å²) in [6.07, 6.45) is 9.20. The SMILES string of the molecule is Cc1coc2ccc(-c3cc(N[C@@H](C)c4cccc(-c5cnn(C)c5)c4)cc4nccnc34)cc12. The molecule has 6 aromatic rings. The van der Waals surface area contributed by atoms with Crippen molar-refractivity contribution in [3.05, 3.63) is 96.8 Å². The molecule has 6 nitrogen and oxygen atoms in total. The predicted molar refractivity (Wildman–Crippen MR) is 140 cm³/mol. The van der Waals surface area contributed by atoms with Crippen molar-refractivity contribution >= 4 is 27.7 Å². The summed E-state index contributed by atoms with van der Waals surface area (Å²) in [4.78, 5) is 9.26. The third-order valence-corrected chi connectivity index (χ3v) is 6.46. The molecule has 0 aliphatic heterocycles. The Morgan fingerprint density at radius 3 is 2.69 bits per heavy atom. The normalized spacial score (nSPS) is 12.3. The fourth-order valence-corrected chi connectivity index (χ4v) is 4.59. The van der Waals surface area contributed by atoms with Gasteiger partial charge in [-0.3, -0.25) is 14.6 Å². The smallest absolute Gasteiger partial charge is 0.134 e. The van der Waals surface area contributed by atoms with Crippen LogP contribution in [0, 0.1) is 6.92 Å². The van der Waals surface area contributed by atoms with Crippen LogP contribution in [0.15, 0.2) is 90.1 Å². The van der Waals surface area contributed by atoms with Gasteiger partial charge in [0.15, 0.2) is 0 Å². The van der Waals surface area contributed by atoms with Gasteiger partial charge < -0.3 is 9.73 Å². The van der Waals surface area contributed by atoms with Crippen LogP contribution in [0.25, 0.3) is 44.3 Å². The molecule has 0 amide bonds. The zero-order valence-corrected chi connectivity index (χ0v) is 19.9. The van der Waals surface area contributed by atoms with E-state index in [0.29, 0.717) is 0 Å². The molecule has 0 aliphatic rings. The first-order chi connectivity index (χ1) is 17.0. The molecule has 35 heavy (non-hydrogen) atoms. The highest BCUT2D eigenvalue weighted by Crippen LogP contribution is 2.34. The van der Waals surface area contributed by atoms with Crippen molar-refractivity contribution in [3.8, 4) is 22.3 Å². The molecule has 1 N–H and O–H groups in total. The minimum absolute atomic E-state index is 0.0900. The van der Waals surface area contributed by atoms with Gasteiger partial charge in [-0.25, -0.2) is 0 Å². The molecule has 0 fully saturated rings. The largest absolute Gasteiger partial charge is 0.464 e. The minimum Gasteiger partial charge on any atom is -0.464 e. The van der Waals surface area contributed by atoms with E-state index in [4.69, 9.17) is 4.42 Å². The zero-order chi connectivity index (χ0) is 23.9. The molecule has 0 saturated carbocycles. The lowest BCUT2D eigenvalue weighted by Gasteiger charge is -2.18. The van der Waals surface area contributed by atoms with Gasteiger partial charge in [0.1, 0.15) is 5.58 Å². The zero-order valence-electron chi connectivity index (χ0n) is 19.9. The number of furan rings is 1. The summed E-state index contributed by atoms with van der Waals surface area (Å²) in [7, 11) is 1.93. The highest BCUT2D eigenvalue weighted by Gasteiger charge is 2.14. The number of fused-ring (bicyclic) bond motifs is 2. The third-order valence-electron chi connectivity index (χ3n) is 6.46. The molecule has 6 rings (SSSR count). The van der Waals surface area contributed by atoms with Gasteiger partial charge in [-0.05, 0) is 66.4 Å². The molecule has 0 saturated heterocycles. The van der Waals surface area contributed by atoms with Gasteiger partial charge in [0.2, 0.25) is 0 Å². The van der Waals surface area contributed by atoms with Crippen LogP contribution in [-0.2, 0) is 7.05 Å². The second-order valence-electron chi connectivity index (χ2n) is 8.97. The van der Waals surface area contributed by atoms with Gasteiger partial charge in [0.05, 0.1) is 23.5 Å². The molecular weight excluding hydrogens is 434 g/mol. The summed E-state index contributed by atoms with van der Waals surface area (Å²) in [6.45, 7) is 4.23. The second kappa shape index (κ2) is 8.40. The van der Waals surface area contributed by atoms with E-state index < -0.39 is 0 Å². The van der Waals surface area contributed by atoms with E-state index in [2.05, 4.69) is 82.8 Å². The van der Waals surface area contributed by atoms with E-state index in [0.717, 1.165) is 55.5 Å². The maximum absolute atomic E-state index is 5.65. The molecule has 172 valence electrons. The molecule has 0 bridgehead atoms. The fourth-order valence-electron chi connectivity index (χ4n) is 4.59. The lowest BCUT2D eigenvalue weighted by Crippen LogP contribution is -2.07. The van der Waals surface area contributed by atoms with Gasteiger partial charge >= 0.3 is 0 Å². The van der Waals surface area contributed by atoms with Gasteiger partial charge in [0, 0.05) is 53.9 Å². The summed E-state index contributed by atoms with van der Waals surface area (Å²) in [5, 5.41) is 9.10. The average Bonchev–Trinajstić information content (AvgIpc) is 3.49. The Kier molecular flexibility index (Phi) is 5.07. The fraction of sp³-hybridized carbons (Fsp3) is 0.138. The van der Waals surface area contributed by atoms with E-state index in [9.17, 15) is 0 Å². The van der Waals surface area contributed by atoms with E-state index >= 15 is 0 Å². The van der Waals surface area contributed by atoms with E-state index in [-0.39, 0.29) is 6.04 Å². The van der Waals surface area contributed by atoms with Crippen LogP contribution < -0.4 is 5.32 Å². The molecule has 0 unspecified atom stereocenters. The Labute approximate surface area is 203 Å². The number of anilines is 1. The highest BCUT2D eigenvalue weighted by molar-refractivity contribution is 5.97. The standard InChI is InChI=1S/C29H25N5O/c1-18-17-35-28-8-7-22(12-25(18)28)26-13-24(14-27-29(26)31-10-9-30-27)33-19(2)20-5-4-6-21(11-20)23-15-32-34(3)16-23/h4-17,19,33H,1-3H3/t19-/m0/s1. The quantitative estimate of drug-likeness (QED) is 0.303. The lowest BCUT2D eigenvalue weighted by molar-refractivity contribution is 0.613. The molecule has 1 atom stereocenters. The molecule has 6 heteroatoms. The monoisotopic (exact) mass is 459 g/mol. The Hall–Kier alpha value is -4.45. The van der Waals surface area contributed by atoms with Crippen LogP contribution in [0.3, 0.4) is 0 Å². The maximum Gasteiger partial charge on any atom is 0.134 e. The Balaban J connectivity index is 1.38. The number of aryl methyl sites for hydroxylation is 2. The topological polar surface area (TPSA) is 68.8 Å². The van der Waals surface area contributed by atoms with Gasteiger partial charge in [-0.15, -0.1) is 0 Å². The first-order valence-electron chi connectivity index (χ1n) is 11.6. The highest BCUT2D eigenvalue weighted by atomic mass is 16.3. The van der Waals surface area contributed by atoms with E-state index in [1.807, 2.05) is 30.2 Å². The number of nitrogens with zero attached hydrogens (tertiary/aromatic N) is 4. The van der Waals surface area contributed by atoms with Crippen LogP contribution in [0.5, 0.6) is 0 Å².